The molecule has 0 radical (unpaired) electrons. The van der Waals surface area contributed by atoms with Crippen molar-refractivity contribution in [3.05, 3.63) is 12.2 Å². The van der Waals surface area contributed by atoms with Crippen LogP contribution in [0.4, 0.5) is 0 Å². The number of Topliss-reactive ketones (excluding diaryl/α,β-unsaturated/α-hetero) is 1. The number of carbonyl (C=O) groups excluding carboxylic acids is 1. The van der Waals surface area contributed by atoms with E-state index < -0.39 is 0 Å². The van der Waals surface area contributed by atoms with Gasteiger partial charge in [0.1, 0.15) is 0 Å². The van der Waals surface area contributed by atoms with Crippen molar-refractivity contribution >= 4 is 5.78 Å². The smallest absolute Gasteiger partial charge is 0.161 e. The molecule has 0 aromatic rings. The van der Waals surface area contributed by atoms with Crippen molar-refractivity contribution in [1.29, 1.82) is 0 Å². The average molecular weight is 248 g/mol. The summed E-state index contributed by atoms with van der Waals surface area (Å²) in [5.74, 6) is 3.43. The van der Waals surface area contributed by atoms with Crippen LogP contribution < -0.4 is 0 Å². The van der Waals surface area contributed by atoms with Gasteiger partial charge in [-0.1, -0.05) is 26.3 Å². The second-order valence-electron chi connectivity index (χ2n) is 6.78. The van der Waals surface area contributed by atoms with E-state index in [1.807, 2.05) is 6.92 Å². The van der Waals surface area contributed by atoms with E-state index in [9.17, 15) is 4.79 Å². The summed E-state index contributed by atoms with van der Waals surface area (Å²) >= 11 is 0. The molecule has 1 nitrogen and oxygen atoms in total. The fourth-order valence-electron chi connectivity index (χ4n) is 3.96. The van der Waals surface area contributed by atoms with Crippen LogP contribution in [0.25, 0.3) is 0 Å². The van der Waals surface area contributed by atoms with E-state index in [2.05, 4.69) is 13.5 Å². The van der Waals surface area contributed by atoms with Gasteiger partial charge in [-0.25, -0.2) is 0 Å². The zero-order chi connectivity index (χ0) is 13.1. The third kappa shape index (κ3) is 3.24. The molecule has 1 heteroatoms. The molecule has 0 N–H and O–H groups in total. The van der Waals surface area contributed by atoms with Crippen LogP contribution in [0.2, 0.25) is 0 Å². The van der Waals surface area contributed by atoms with Crippen LogP contribution in [-0.2, 0) is 4.79 Å². The first-order valence-electron chi connectivity index (χ1n) is 7.77. The third-order valence-electron chi connectivity index (χ3n) is 5.29. The van der Waals surface area contributed by atoms with Gasteiger partial charge in [0.15, 0.2) is 5.78 Å². The first kappa shape index (κ1) is 13.8. The van der Waals surface area contributed by atoms with Gasteiger partial charge in [0.05, 0.1) is 0 Å². The fraction of sp³-hybridized carbons (Fsp3) is 0.824. The quantitative estimate of drug-likeness (QED) is 0.658. The lowest BCUT2D eigenvalue weighted by atomic mass is 9.68. The van der Waals surface area contributed by atoms with Gasteiger partial charge < -0.3 is 0 Å². The number of rotatable bonds is 3. The topological polar surface area (TPSA) is 17.1 Å². The van der Waals surface area contributed by atoms with Crippen LogP contribution in [0.15, 0.2) is 12.2 Å². The monoisotopic (exact) mass is 248 g/mol. The van der Waals surface area contributed by atoms with E-state index in [0.717, 1.165) is 36.2 Å². The summed E-state index contributed by atoms with van der Waals surface area (Å²) in [5, 5.41) is 0. The molecule has 0 saturated heterocycles. The van der Waals surface area contributed by atoms with Crippen LogP contribution in [0.5, 0.6) is 0 Å². The Labute approximate surface area is 112 Å². The van der Waals surface area contributed by atoms with E-state index in [1.165, 1.54) is 38.5 Å². The lowest BCUT2D eigenvalue weighted by molar-refractivity contribution is -0.120. The van der Waals surface area contributed by atoms with Gasteiger partial charge >= 0.3 is 0 Å². The van der Waals surface area contributed by atoms with E-state index in [0.29, 0.717) is 11.7 Å². The molecule has 0 amide bonds. The number of allylic oxidation sites excluding steroid dienone is 1. The molecule has 102 valence electrons. The van der Waals surface area contributed by atoms with Crippen molar-refractivity contribution in [3.63, 3.8) is 0 Å². The Morgan fingerprint density at radius 3 is 1.78 bits per heavy atom. The Balaban J connectivity index is 1.80. The molecular weight excluding hydrogens is 220 g/mol. The summed E-state index contributed by atoms with van der Waals surface area (Å²) in [6.45, 7) is 8.04. The largest absolute Gasteiger partial charge is 0.294 e. The zero-order valence-electron chi connectivity index (χ0n) is 12.1. The van der Waals surface area contributed by atoms with Crippen molar-refractivity contribution in [2.45, 2.75) is 65.2 Å². The van der Waals surface area contributed by atoms with Gasteiger partial charge in [-0.05, 0) is 68.8 Å². The molecule has 18 heavy (non-hydrogen) atoms. The summed E-state index contributed by atoms with van der Waals surface area (Å²) < 4.78 is 0. The number of ketones is 1. The van der Waals surface area contributed by atoms with Crippen LogP contribution in [-0.4, -0.2) is 5.78 Å². The van der Waals surface area contributed by atoms with E-state index >= 15 is 0 Å². The predicted molar refractivity (Wildman–Crippen MR) is 76.4 cm³/mol. The van der Waals surface area contributed by atoms with Crippen LogP contribution in [0.1, 0.15) is 65.2 Å². The molecule has 2 fully saturated rings. The summed E-state index contributed by atoms with van der Waals surface area (Å²) in [5.41, 5.74) is 0.755. The second kappa shape index (κ2) is 6.04. The van der Waals surface area contributed by atoms with Gasteiger partial charge in [0.2, 0.25) is 0 Å². The molecule has 0 bridgehead atoms. The van der Waals surface area contributed by atoms with Crippen molar-refractivity contribution < 1.29 is 4.79 Å². The van der Waals surface area contributed by atoms with Crippen molar-refractivity contribution in [3.8, 4) is 0 Å². The molecule has 2 saturated carbocycles. The highest BCUT2D eigenvalue weighted by Crippen LogP contribution is 2.41. The van der Waals surface area contributed by atoms with Gasteiger partial charge in [-0.2, -0.15) is 0 Å². The Bertz CT molecular complexity index is 302. The van der Waals surface area contributed by atoms with Crippen molar-refractivity contribution in [2.24, 2.45) is 23.7 Å². The maximum Gasteiger partial charge on any atom is 0.161 e. The number of hydrogen-bond acceptors (Lipinski definition) is 1. The maximum absolute atomic E-state index is 11.9. The Morgan fingerprint density at radius 2 is 1.33 bits per heavy atom. The summed E-state index contributed by atoms with van der Waals surface area (Å²) in [6, 6.07) is 0. The standard InChI is InChI=1S/C17H28O/c1-12(2)17(18)16-10-8-15(9-11-16)14-6-4-13(3)5-7-14/h13-16H,1,4-11H2,2-3H3. The lowest BCUT2D eigenvalue weighted by Crippen LogP contribution is -2.28. The van der Waals surface area contributed by atoms with Gasteiger partial charge in [0, 0.05) is 5.92 Å². The molecule has 2 rings (SSSR count). The molecule has 2 aliphatic carbocycles. The van der Waals surface area contributed by atoms with Crippen LogP contribution >= 0.6 is 0 Å². The highest BCUT2D eigenvalue weighted by Gasteiger charge is 2.32. The first-order chi connectivity index (χ1) is 8.58. The summed E-state index contributed by atoms with van der Waals surface area (Å²) in [6.07, 6.45) is 10.5. The van der Waals surface area contributed by atoms with Crippen LogP contribution in [0.3, 0.4) is 0 Å². The van der Waals surface area contributed by atoms with E-state index in [4.69, 9.17) is 0 Å². The van der Waals surface area contributed by atoms with Crippen molar-refractivity contribution in [2.75, 3.05) is 0 Å². The first-order valence-corrected chi connectivity index (χ1v) is 7.77. The zero-order valence-corrected chi connectivity index (χ0v) is 12.1. The van der Waals surface area contributed by atoms with Gasteiger partial charge in [-0.15, -0.1) is 0 Å². The second-order valence-corrected chi connectivity index (χ2v) is 6.78. The molecule has 0 spiro atoms. The molecule has 0 aromatic heterocycles. The van der Waals surface area contributed by atoms with E-state index in [-0.39, 0.29) is 0 Å². The lowest BCUT2D eigenvalue weighted by Gasteiger charge is -2.37. The molecule has 0 heterocycles. The highest BCUT2D eigenvalue weighted by molar-refractivity contribution is 5.96. The minimum Gasteiger partial charge on any atom is -0.294 e. The number of carbonyl (C=O) groups is 1. The van der Waals surface area contributed by atoms with Crippen molar-refractivity contribution in [1.82, 2.24) is 0 Å². The average Bonchev–Trinajstić information content (AvgIpc) is 2.39. The SMILES string of the molecule is C=C(C)C(=O)C1CCC(C2CCC(C)CC2)CC1. The Hall–Kier alpha value is -0.590. The molecule has 2 aliphatic rings. The third-order valence-corrected chi connectivity index (χ3v) is 5.29. The Morgan fingerprint density at radius 1 is 0.889 bits per heavy atom. The molecular formula is C17H28O. The molecule has 0 aliphatic heterocycles. The fourth-order valence-corrected chi connectivity index (χ4v) is 3.96. The van der Waals surface area contributed by atoms with Crippen LogP contribution in [0, 0.1) is 23.7 Å². The Kier molecular flexibility index (Phi) is 4.64. The summed E-state index contributed by atoms with van der Waals surface area (Å²) in [4.78, 5) is 11.9. The summed E-state index contributed by atoms with van der Waals surface area (Å²) in [7, 11) is 0. The highest BCUT2D eigenvalue weighted by atomic mass is 16.1. The molecule has 0 unspecified atom stereocenters. The van der Waals surface area contributed by atoms with Gasteiger partial charge in [0.25, 0.3) is 0 Å². The van der Waals surface area contributed by atoms with E-state index in [1.54, 1.807) is 0 Å². The maximum atomic E-state index is 11.9. The normalized spacial score (nSPS) is 37.2. The number of hydrogen-bond donors (Lipinski definition) is 0. The minimum atomic E-state index is 0.293. The molecule has 0 atom stereocenters. The predicted octanol–water partition coefficient (Wildman–Crippen LogP) is 4.76. The molecule has 0 aromatic carbocycles. The minimum absolute atomic E-state index is 0.293. The van der Waals surface area contributed by atoms with Gasteiger partial charge in [-0.3, -0.25) is 4.79 Å².